The summed E-state index contributed by atoms with van der Waals surface area (Å²) in [5, 5.41) is 11.7. The summed E-state index contributed by atoms with van der Waals surface area (Å²) in [7, 11) is 1.58. The zero-order valence-electron chi connectivity index (χ0n) is 12.9. The number of rotatable bonds is 8. The second kappa shape index (κ2) is 9.24. The molecule has 0 radical (unpaired) electrons. The molecular weight excluding hydrogens is 280 g/mol. The van der Waals surface area contributed by atoms with E-state index >= 15 is 0 Å². The molecule has 0 fully saturated rings. The van der Waals surface area contributed by atoms with Crippen LogP contribution in [0.3, 0.4) is 0 Å². The number of amides is 1. The Hall–Kier alpha value is -2.74. The van der Waals surface area contributed by atoms with Crippen LogP contribution in [0.2, 0.25) is 0 Å². The molecule has 1 N–H and O–H groups in total. The summed E-state index contributed by atoms with van der Waals surface area (Å²) in [5.41, 5.74) is 0.794. The van der Waals surface area contributed by atoms with Gasteiger partial charge in [-0.1, -0.05) is 25.6 Å². The molecule has 1 aromatic rings. The van der Waals surface area contributed by atoms with Gasteiger partial charge >= 0.3 is 0 Å². The monoisotopic (exact) mass is 300 g/mol. The van der Waals surface area contributed by atoms with Crippen molar-refractivity contribution in [3.05, 3.63) is 47.7 Å². The Balaban J connectivity index is 2.58. The first-order valence-electron chi connectivity index (χ1n) is 6.95. The fraction of sp³-hybridized carbons (Fsp3) is 0.294. The van der Waals surface area contributed by atoms with Gasteiger partial charge in [0.15, 0.2) is 0 Å². The summed E-state index contributed by atoms with van der Waals surface area (Å²) in [6.45, 7) is 6.29. The van der Waals surface area contributed by atoms with Crippen LogP contribution in [0.1, 0.15) is 18.9 Å². The van der Waals surface area contributed by atoms with E-state index < -0.39 is 5.91 Å². The fourth-order valence-corrected chi connectivity index (χ4v) is 1.57. The Morgan fingerprint density at radius 1 is 1.41 bits per heavy atom. The van der Waals surface area contributed by atoms with Gasteiger partial charge in [-0.05, 0) is 23.8 Å². The van der Waals surface area contributed by atoms with Gasteiger partial charge in [0.05, 0.1) is 19.4 Å². The minimum absolute atomic E-state index is 0.0412. The van der Waals surface area contributed by atoms with E-state index in [2.05, 4.69) is 11.9 Å². The molecule has 0 bridgehead atoms. The van der Waals surface area contributed by atoms with Crippen LogP contribution in [0.15, 0.2) is 42.2 Å². The summed E-state index contributed by atoms with van der Waals surface area (Å²) in [5.74, 6) is 0.959. The second-order valence-corrected chi connectivity index (χ2v) is 4.44. The van der Waals surface area contributed by atoms with E-state index in [4.69, 9.17) is 14.7 Å². The van der Waals surface area contributed by atoms with Gasteiger partial charge in [-0.15, -0.1) is 0 Å². The van der Waals surface area contributed by atoms with Crippen molar-refractivity contribution in [2.24, 2.45) is 0 Å². The quantitative estimate of drug-likeness (QED) is 0.347. The first kappa shape index (κ1) is 17.3. The summed E-state index contributed by atoms with van der Waals surface area (Å²) < 4.78 is 10.3. The summed E-state index contributed by atoms with van der Waals surface area (Å²) in [4.78, 5) is 11.9. The smallest absolute Gasteiger partial charge is 0.262 e. The number of allylic oxidation sites excluding steroid dienone is 1. The highest BCUT2D eigenvalue weighted by atomic mass is 16.5. The van der Waals surface area contributed by atoms with E-state index in [1.807, 2.05) is 13.0 Å². The molecule has 5 nitrogen and oxygen atoms in total. The molecule has 0 saturated heterocycles. The molecule has 1 amide bonds. The number of methoxy groups -OCH3 is 1. The number of hydrogen-bond acceptors (Lipinski definition) is 4. The number of benzene rings is 1. The molecule has 0 saturated carbocycles. The van der Waals surface area contributed by atoms with Gasteiger partial charge in [0, 0.05) is 6.42 Å². The summed E-state index contributed by atoms with van der Waals surface area (Å²) in [6.07, 6.45) is 2.26. The maximum atomic E-state index is 11.9. The zero-order chi connectivity index (χ0) is 16.4. The predicted octanol–water partition coefficient (Wildman–Crippen LogP) is 2.66. The van der Waals surface area contributed by atoms with Gasteiger partial charge in [0.25, 0.3) is 5.91 Å². The van der Waals surface area contributed by atoms with Gasteiger partial charge in [-0.25, -0.2) is 0 Å². The Bertz CT molecular complexity index is 583. The van der Waals surface area contributed by atoms with Crippen LogP contribution in [0.25, 0.3) is 6.08 Å². The van der Waals surface area contributed by atoms with Crippen molar-refractivity contribution in [3.8, 4) is 11.8 Å². The minimum Gasteiger partial charge on any atom is -0.497 e. The van der Waals surface area contributed by atoms with Crippen molar-refractivity contribution in [2.45, 2.75) is 13.3 Å². The largest absolute Gasteiger partial charge is 0.497 e. The Kier molecular flexibility index (Phi) is 7.27. The molecule has 0 unspecified atom stereocenters. The number of ether oxygens (including phenoxy) is 2. The van der Waals surface area contributed by atoms with Crippen molar-refractivity contribution in [2.75, 3.05) is 20.3 Å². The lowest BCUT2D eigenvalue weighted by molar-refractivity contribution is -0.117. The van der Waals surface area contributed by atoms with Crippen molar-refractivity contribution in [1.29, 1.82) is 5.26 Å². The lowest BCUT2D eigenvalue weighted by atomic mass is 10.1. The summed E-state index contributed by atoms with van der Waals surface area (Å²) >= 11 is 0. The third-order valence-corrected chi connectivity index (χ3v) is 2.88. The van der Waals surface area contributed by atoms with Crippen LogP contribution in [0.5, 0.6) is 5.75 Å². The third kappa shape index (κ3) is 5.71. The lowest BCUT2D eigenvalue weighted by Gasteiger charge is -2.08. The molecule has 0 atom stereocenters. The Morgan fingerprint density at radius 3 is 2.64 bits per heavy atom. The number of carbonyl (C=O) groups is 1. The Morgan fingerprint density at radius 2 is 2.09 bits per heavy atom. The molecular formula is C17H20N2O3. The SMILES string of the molecule is C=C(CC)OCCNC(=O)/C(C#N)=C/c1ccc(OC)cc1. The van der Waals surface area contributed by atoms with Crippen LogP contribution < -0.4 is 10.1 Å². The van der Waals surface area contributed by atoms with E-state index in [9.17, 15) is 4.79 Å². The predicted molar refractivity (Wildman–Crippen MR) is 85.0 cm³/mol. The average molecular weight is 300 g/mol. The van der Waals surface area contributed by atoms with Crippen LogP contribution in [0.4, 0.5) is 0 Å². The maximum Gasteiger partial charge on any atom is 0.262 e. The zero-order valence-corrected chi connectivity index (χ0v) is 12.9. The van der Waals surface area contributed by atoms with Gasteiger partial charge in [0.1, 0.15) is 24.0 Å². The topological polar surface area (TPSA) is 71.3 Å². The summed E-state index contributed by atoms with van der Waals surface area (Å²) in [6, 6.07) is 8.98. The second-order valence-electron chi connectivity index (χ2n) is 4.44. The molecule has 5 heteroatoms. The molecule has 116 valence electrons. The molecule has 0 aliphatic rings. The molecule has 0 aliphatic heterocycles. The van der Waals surface area contributed by atoms with Crippen molar-refractivity contribution < 1.29 is 14.3 Å². The molecule has 0 spiro atoms. The van der Waals surface area contributed by atoms with Crippen molar-refractivity contribution in [3.63, 3.8) is 0 Å². The molecule has 1 aromatic carbocycles. The van der Waals surface area contributed by atoms with E-state index in [0.29, 0.717) is 24.7 Å². The average Bonchev–Trinajstić information content (AvgIpc) is 2.56. The fourth-order valence-electron chi connectivity index (χ4n) is 1.57. The first-order valence-corrected chi connectivity index (χ1v) is 6.95. The highest BCUT2D eigenvalue weighted by Crippen LogP contribution is 2.13. The number of nitrogens with one attached hydrogen (secondary N) is 1. The van der Waals surface area contributed by atoms with E-state index in [0.717, 1.165) is 12.0 Å². The van der Waals surface area contributed by atoms with Crippen molar-refractivity contribution >= 4 is 12.0 Å². The minimum atomic E-state index is -0.427. The van der Waals surface area contributed by atoms with Crippen LogP contribution >= 0.6 is 0 Å². The molecule has 1 rings (SSSR count). The van der Waals surface area contributed by atoms with E-state index in [1.165, 1.54) is 6.08 Å². The maximum absolute atomic E-state index is 11.9. The standard InChI is InChI=1S/C17H20N2O3/c1-4-13(2)22-10-9-19-17(20)15(12-18)11-14-5-7-16(21-3)8-6-14/h5-8,11H,2,4,9-10H2,1,3H3,(H,19,20)/b15-11+. The highest BCUT2D eigenvalue weighted by molar-refractivity contribution is 6.01. The number of carbonyl (C=O) groups excluding carboxylic acids is 1. The lowest BCUT2D eigenvalue weighted by Crippen LogP contribution is -2.28. The van der Waals surface area contributed by atoms with Gasteiger partial charge in [0.2, 0.25) is 0 Å². The molecule has 0 aliphatic carbocycles. The number of hydrogen-bond donors (Lipinski definition) is 1. The van der Waals surface area contributed by atoms with Crippen LogP contribution in [-0.4, -0.2) is 26.2 Å². The van der Waals surface area contributed by atoms with Crippen LogP contribution in [-0.2, 0) is 9.53 Å². The first-order chi connectivity index (χ1) is 10.6. The Labute approximate surface area is 130 Å². The number of nitrogens with zero attached hydrogens (tertiary/aromatic N) is 1. The normalized spacial score (nSPS) is 10.5. The molecule has 0 aromatic heterocycles. The van der Waals surface area contributed by atoms with Gasteiger partial charge in [-0.3, -0.25) is 4.79 Å². The van der Waals surface area contributed by atoms with Crippen molar-refractivity contribution in [1.82, 2.24) is 5.32 Å². The highest BCUT2D eigenvalue weighted by Gasteiger charge is 2.08. The van der Waals surface area contributed by atoms with E-state index in [1.54, 1.807) is 31.4 Å². The molecule has 0 heterocycles. The van der Waals surface area contributed by atoms with E-state index in [-0.39, 0.29) is 5.57 Å². The van der Waals surface area contributed by atoms with Gasteiger partial charge < -0.3 is 14.8 Å². The molecule has 22 heavy (non-hydrogen) atoms. The number of nitriles is 1. The van der Waals surface area contributed by atoms with Crippen LogP contribution in [0, 0.1) is 11.3 Å². The third-order valence-electron chi connectivity index (χ3n) is 2.88. The van der Waals surface area contributed by atoms with Gasteiger partial charge in [-0.2, -0.15) is 5.26 Å².